The Morgan fingerprint density at radius 3 is 2.60 bits per heavy atom. The highest BCUT2D eigenvalue weighted by Gasteiger charge is 2.14. The third-order valence-corrected chi connectivity index (χ3v) is 2.08. The number of carboxylic acid groups (broad SMARTS) is 1. The molecule has 0 bridgehead atoms. The highest BCUT2D eigenvalue weighted by atomic mass is 16.4. The predicted octanol–water partition coefficient (Wildman–Crippen LogP) is -0.0862. The first kappa shape index (κ1) is 9.38. The summed E-state index contributed by atoms with van der Waals surface area (Å²) in [5, 5.41) is 20.4. The Hall–Kier alpha value is -2.18. The zero-order chi connectivity index (χ0) is 11.0. The zero-order valence-electron chi connectivity index (χ0n) is 8.25. The summed E-state index contributed by atoms with van der Waals surface area (Å²) in [7, 11) is 3.30. The fraction of sp³-hybridized carbons (Fsp3) is 0.250. The van der Waals surface area contributed by atoms with E-state index in [-0.39, 0.29) is 5.69 Å². The van der Waals surface area contributed by atoms with Crippen molar-refractivity contribution in [3.8, 4) is 11.4 Å². The van der Waals surface area contributed by atoms with Gasteiger partial charge >= 0.3 is 5.97 Å². The number of aryl methyl sites for hydroxylation is 2. The van der Waals surface area contributed by atoms with E-state index in [1.807, 2.05) is 0 Å². The van der Waals surface area contributed by atoms with Crippen LogP contribution in [0.4, 0.5) is 0 Å². The third kappa shape index (κ3) is 1.47. The second kappa shape index (κ2) is 3.19. The molecule has 0 unspecified atom stereocenters. The fourth-order valence-corrected chi connectivity index (χ4v) is 1.31. The number of carboxylic acids is 1. The van der Waals surface area contributed by atoms with Gasteiger partial charge in [0.1, 0.15) is 17.1 Å². The topological polar surface area (TPSA) is 85.8 Å². The molecular weight excluding hydrogens is 198 g/mol. The molecule has 0 radical (unpaired) electrons. The normalized spacial score (nSPS) is 10.5. The van der Waals surface area contributed by atoms with Crippen LogP contribution >= 0.6 is 0 Å². The minimum absolute atomic E-state index is 0.131. The van der Waals surface area contributed by atoms with Gasteiger partial charge in [0, 0.05) is 20.2 Å². The van der Waals surface area contributed by atoms with Crippen molar-refractivity contribution in [2.75, 3.05) is 0 Å². The van der Waals surface area contributed by atoms with Crippen LogP contribution in [0, 0.1) is 0 Å². The molecule has 0 aromatic carbocycles. The van der Waals surface area contributed by atoms with E-state index in [1.165, 1.54) is 21.6 Å². The summed E-state index contributed by atoms with van der Waals surface area (Å²) >= 11 is 0. The molecular formula is C8H9N5O2. The van der Waals surface area contributed by atoms with Crippen LogP contribution in [0.25, 0.3) is 11.4 Å². The van der Waals surface area contributed by atoms with Crippen LogP contribution in [-0.2, 0) is 14.1 Å². The van der Waals surface area contributed by atoms with E-state index >= 15 is 0 Å². The molecule has 0 aliphatic rings. The first-order chi connectivity index (χ1) is 7.09. The number of hydrogen-bond donors (Lipinski definition) is 1. The molecule has 2 rings (SSSR count). The van der Waals surface area contributed by atoms with E-state index in [2.05, 4.69) is 15.4 Å². The Morgan fingerprint density at radius 1 is 1.40 bits per heavy atom. The summed E-state index contributed by atoms with van der Waals surface area (Å²) in [6.07, 6.45) is 1.54. The third-order valence-electron chi connectivity index (χ3n) is 2.08. The SMILES string of the molecule is Cn1nc(-c2cnnn2C)cc1C(=O)O. The van der Waals surface area contributed by atoms with Crippen LogP contribution in [0.15, 0.2) is 12.3 Å². The van der Waals surface area contributed by atoms with Crippen molar-refractivity contribution in [1.82, 2.24) is 24.8 Å². The smallest absolute Gasteiger partial charge is 0.354 e. The average Bonchev–Trinajstić information content (AvgIpc) is 2.71. The largest absolute Gasteiger partial charge is 0.477 e. The number of rotatable bonds is 2. The molecule has 0 saturated carbocycles. The fourth-order valence-electron chi connectivity index (χ4n) is 1.31. The first-order valence-corrected chi connectivity index (χ1v) is 4.22. The average molecular weight is 207 g/mol. The van der Waals surface area contributed by atoms with E-state index in [4.69, 9.17) is 5.11 Å². The van der Waals surface area contributed by atoms with Crippen LogP contribution in [0.1, 0.15) is 10.5 Å². The standard InChI is InChI=1S/C8H9N5O2/c1-12-6(8(14)15)3-5(10-12)7-4-9-11-13(7)2/h3-4H,1-2H3,(H,14,15). The summed E-state index contributed by atoms with van der Waals surface area (Å²) in [6, 6.07) is 1.49. The van der Waals surface area contributed by atoms with Crippen LogP contribution in [0.5, 0.6) is 0 Å². The van der Waals surface area contributed by atoms with Gasteiger partial charge in [0.15, 0.2) is 0 Å². The summed E-state index contributed by atoms with van der Waals surface area (Å²) in [5.41, 5.74) is 1.35. The van der Waals surface area contributed by atoms with Gasteiger partial charge in [-0.25, -0.2) is 9.48 Å². The maximum Gasteiger partial charge on any atom is 0.354 e. The quantitative estimate of drug-likeness (QED) is 0.744. The number of carbonyl (C=O) groups is 1. The van der Waals surface area contributed by atoms with Crippen molar-refractivity contribution >= 4 is 5.97 Å². The highest BCUT2D eigenvalue weighted by molar-refractivity contribution is 5.87. The monoisotopic (exact) mass is 207 g/mol. The molecule has 0 saturated heterocycles. The summed E-state index contributed by atoms with van der Waals surface area (Å²) in [4.78, 5) is 10.8. The van der Waals surface area contributed by atoms with Crippen molar-refractivity contribution in [2.24, 2.45) is 14.1 Å². The number of nitrogens with zero attached hydrogens (tertiary/aromatic N) is 5. The van der Waals surface area contributed by atoms with Crippen LogP contribution in [0.2, 0.25) is 0 Å². The van der Waals surface area contributed by atoms with Crippen molar-refractivity contribution in [1.29, 1.82) is 0 Å². The van der Waals surface area contributed by atoms with Gasteiger partial charge in [0.2, 0.25) is 0 Å². The lowest BCUT2D eigenvalue weighted by Gasteiger charge is -1.93. The van der Waals surface area contributed by atoms with E-state index in [9.17, 15) is 4.79 Å². The van der Waals surface area contributed by atoms with Crippen molar-refractivity contribution in [3.63, 3.8) is 0 Å². The van der Waals surface area contributed by atoms with Crippen molar-refractivity contribution in [2.45, 2.75) is 0 Å². The Labute approximate surface area is 84.9 Å². The van der Waals surface area contributed by atoms with Gasteiger partial charge in [-0.15, -0.1) is 5.10 Å². The summed E-state index contributed by atoms with van der Waals surface area (Å²) in [5.74, 6) is -1.01. The van der Waals surface area contributed by atoms with Gasteiger partial charge in [-0.1, -0.05) is 5.21 Å². The van der Waals surface area contributed by atoms with E-state index in [0.717, 1.165) is 0 Å². The number of aromatic nitrogens is 5. The minimum Gasteiger partial charge on any atom is -0.477 e. The Balaban J connectivity index is 2.52. The van der Waals surface area contributed by atoms with Gasteiger partial charge in [0.25, 0.3) is 0 Å². The van der Waals surface area contributed by atoms with Gasteiger partial charge in [0.05, 0.1) is 6.20 Å². The van der Waals surface area contributed by atoms with Crippen LogP contribution < -0.4 is 0 Å². The van der Waals surface area contributed by atoms with Crippen molar-refractivity contribution < 1.29 is 9.90 Å². The van der Waals surface area contributed by atoms with E-state index in [1.54, 1.807) is 14.1 Å². The molecule has 0 spiro atoms. The van der Waals surface area contributed by atoms with E-state index < -0.39 is 5.97 Å². The molecule has 2 aromatic heterocycles. The number of hydrogen-bond acceptors (Lipinski definition) is 4. The summed E-state index contributed by atoms with van der Waals surface area (Å²) < 4.78 is 2.85. The Bertz CT molecular complexity index is 513. The van der Waals surface area contributed by atoms with Gasteiger partial charge in [-0.3, -0.25) is 4.68 Å². The maximum atomic E-state index is 10.8. The molecule has 0 aliphatic heterocycles. The molecule has 78 valence electrons. The molecule has 2 aromatic rings. The maximum absolute atomic E-state index is 10.8. The molecule has 0 amide bonds. The highest BCUT2D eigenvalue weighted by Crippen LogP contribution is 2.16. The second-order valence-electron chi connectivity index (χ2n) is 3.09. The lowest BCUT2D eigenvalue weighted by molar-refractivity contribution is 0.0685. The molecule has 7 nitrogen and oxygen atoms in total. The predicted molar refractivity (Wildman–Crippen MR) is 50.2 cm³/mol. The molecule has 0 fully saturated rings. The van der Waals surface area contributed by atoms with Gasteiger partial charge < -0.3 is 5.11 Å². The van der Waals surface area contributed by atoms with Gasteiger partial charge in [-0.2, -0.15) is 5.10 Å². The Kier molecular flexibility index (Phi) is 2.00. The second-order valence-corrected chi connectivity index (χ2v) is 3.09. The number of aromatic carboxylic acids is 1. The van der Waals surface area contributed by atoms with Crippen LogP contribution in [0.3, 0.4) is 0 Å². The Morgan fingerprint density at radius 2 is 2.13 bits per heavy atom. The van der Waals surface area contributed by atoms with Crippen molar-refractivity contribution in [3.05, 3.63) is 18.0 Å². The summed E-state index contributed by atoms with van der Waals surface area (Å²) in [6.45, 7) is 0. The molecule has 0 aliphatic carbocycles. The van der Waals surface area contributed by atoms with Gasteiger partial charge in [-0.05, 0) is 0 Å². The zero-order valence-corrected chi connectivity index (χ0v) is 8.25. The minimum atomic E-state index is -1.01. The first-order valence-electron chi connectivity index (χ1n) is 4.22. The van der Waals surface area contributed by atoms with E-state index in [0.29, 0.717) is 11.4 Å². The van der Waals surface area contributed by atoms with Crippen LogP contribution in [-0.4, -0.2) is 35.9 Å². The molecule has 15 heavy (non-hydrogen) atoms. The molecule has 7 heteroatoms. The molecule has 1 N–H and O–H groups in total. The lowest BCUT2D eigenvalue weighted by Crippen LogP contribution is -2.04. The molecule has 0 atom stereocenters. The molecule has 2 heterocycles. The lowest BCUT2D eigenvalue weighted by atomic mass is 10.3.